The maximum Gasteiger partial charge on any atom is 0.320 e. The Kier molecular flexibility index (Phi) is 8.75. The number of nitrogens with zero attached hydrogens (tertiary/aromatic N) is 1. The smallest absolute Gasteiger partial charge is 0.320 e. The first-order valence-corrected chi connectivity index (χ1v) is 12.0. The van der Waals surface area contributed by atoms with E-state index in [1.807, 2.05) is 32.7 Å². The van der Waals surface area contributed by atoms with Gasteiger partial charge in [-0.05, 0) is 69.0 Å². The molecule has 32 heavy (non-hydrogen) atoms. The van der Waals surface area contributed by atoms with Gasteiger partial charge in [0.15, 0.2) is 0 Å². The van der Waals surface area contributed by atoms with Crippen molar-refractivity contribution in [3.8, 4) is 16.9 Å². The van der Waals surface area contributed by atoms with Crippen molar-refractivity contribution in [3.63, 3.8) is 0 Å². The summed E-state index contributed by atoms with van der Waals surface area (Å²) in [4.78, 5) is 14.0. The van der Waals surface area contributed by atoms with Gasteiger partial charge in [-0.25, -0.2) is 0 Å². The van der Waals surface area contributed by atoms with Crippen molar-refractivity contribution in [1.29, 1.82) is 0 Å². The zero-order valence-electron chi connectivity index (χ0n) is 20.2. The normalized spacial score (nSPS) is 15.0. The summed E-state index contributed by atoms with van der Waals surface area (Å²) < 4.78 is 11.6. The summed E-state index contributed by atoms with van der Waals surface area (Å²) in [6, 6.07) is 17.1. The Hall–Kier alpha value is -2.33. The number of ether oxygens (including phenoxy) is 2. The van der Waals surface area contributed by atoms with Crippen molar-refractivity contribution in [3.05, 3.63) is 54.1 Å². The largest absolute Gasteiger partial charge is 0.492 e. The van der Waals surface area contributed by atoms with Gasteiger partial charge >= 0.3 is 5.97 Å². The Morgan fingerprint density at radius 3 is 2.41 bits per heavy atom. The number of carbonyl (C=O) groups excluding carboxylic acids is 1. The summed E-state index contributed by atoms with van der Waals surface area (Å²) in [7, 11) is 1.93. The molecule has 3 rings (SSSR count). The van der Waals surface area contributed by atoms with Crippen molar-refractivity contribution in [2.75, 3.05) is 26.7 Å². The molecule has 174 valence electrons. The molecule has 0 saturated heterocycles. The third-order valence-electron chi connectivity index (χ3n) is 5.95. The van der Waals surface area contributed by atoms with Crippen LogP contribution in [0, 0.1) is 5.92 Å². The average molecular weight is 438 g/mol. The molecule has 0 heterocycles. The fraction of sp³-hybridized carbons (Fsp3) is 0.536. The van der Waals surface area contributed by atoms with E-state index in [0.29, 0.717) is 13.2 Å². The van der Waals surface area contributed by atoms with Crippen molar-refractivity contribution < 1.29 is 14.3 Å². The number of hydrogen-bond acceptors (Lipinski definition) is 4. The van der Waals surface area contributed by atoms with E-state index in [2.05, 4.69) is 48.5 Å². The van der Waals surface area contributed by atoms with Crippen LogP contribution in [0.1, 0.15) is 58.4 Å². The number of carbonyl (C=O) groups is 1. The molecule has 0 amide bonds. The molecule has 0 unspecified atom stereocenters. The average Bonchev–Trinajstić information content (AvgIpc) is 2.74. The predicted octanol–water partition coefficient (Wildman–Crippen LogP) is 6.13. The van der Waals surface area contributed by atoms with Gasteiger partial charge in [0.25, 0.3) is 0 Å². The molecule has 1 fully saturated rings. The first-order chi connectivity index (χ1) is 15.3. The molecule has 2 aromatic carbocycles. The fourth-order valence-corrected chi connectivity index (χ4v) is 4.38. The second-order valence-corrected chi connectivity index (χ2v) is 10.1. The van der Waals surface area contributed by atoms with Gasteiger partial charge in [0.05, 0.1) is 6.54 Å². The minimum atomic E-state index is -0.455. The van der Waals surface area contributed by atoms with Crippen LogP contribution in [0.2, 0.25) is 0 Å². The molecule has 0 aromatic heterocycles. The van der Waals surface area contributed by atoms with E-state index >= 15 is 0 Å². The van der Waals surface area contributed by atoms with Gasteiger partial charge in [0.1, 0.15) is 18.0 Å². The van der Waals surface area contributed by atoms with Gasteiger partial charge in [-0.1, -0.05) is 68.5 Å². The van der Waals surface area contributed by atoms with Crippen molar-refractivity contribution in [2.45, 2.75) is 64.9 Å². The molecule has 0 aliphatic heterocycles. The summed E-state index contributed by atoms with van der Waals surface area (Å²) in [5.74, 6) is 1.51. The Morgan fingerprint density at radius 2 is 1.72 bits per heavy atom. The molecule has 0 spiro atoms. The van der Waals surface area contributed by atoms with E-state index in [-0.39, 0.29) is 12.5 Å². The minimum absolute atomic E-state index is 0.204. The van der Waals surface area contributed by atoms with Crippen LogP contribution in [0.25, 0.3) is 11.1 Å². The van der Waals surface area contributed by atoms with Gasteiger partial charge < -0.3 is 9.47 Å². The third-order valence-corrected chi connectivity index (χ3v) is 5.95. The summed E-state index contributed by atoms with van der Waals surface area (Å²) in [6.45, 7) is 7.15. The van der Waals surface area contributed by atoms with Crippen LogP contribution in [0.15, 0.2) is 48.5 Å². The first kappa shape index (κ1) is 24.3. The minimum Gasteiger partial charge on any atom is -0.492 e. The molecule has 1 saturated carbocycles. The lowest BCUT2D eigenvalue weighted by Gasteiger charge is -2.24. The van der Waals surface area contributed by atoms with Crippen LogP contribution in [-0.2, 0) is 16.0 Å². The molecule has 2 aromatic rings. The van der Waals surface area contributed by atoms with E-state index in [0.717, 1.165) is 18.1 Å². The van der Waals surface area contributed by atoms with E-state index in [1.54, 1.807) is 0 Å². The van der Waals surface area contributed by atoms with Crippen molar-refractivity contribution in [1.82, 2.24) is 4.90 Å². The standard InChI is InChI=1S/C28H39NO3/c1-28(2,3)32-27(30)21-29(4)17-18-31-26-16-15-24(23-13-9-6-10-14-23)20-25(26)19-22-11-7-5-8-12-22/h6,9-10,13-16,20,22H,5,7-8,11-12,17-19,21H2,1-4H3. The third kappa shape index (κ3) is 7.98. The second kappa shape index (κ2) is 11.5. The van der Waals surface area contributed by atoms with E-state index < -0.39 is 5.60 Å². The zero-order chi connectivity index (χ0) is 23.0. The SMILES string of the molecule is CN(CCOc1ccc(-c2ccccc2)cc1CC1CCCCC1)CC(=O)OC(C)(C)C. The lowest BCUT2D eigenvalue weighted by molar-refractivity contribution is -0.155. The molecule has 0 atom stereocenters. The Labute approximate surface area is 193 Å². The fourth-order valence-electron chi connectivity index (χ4n) is 4.38. The number of esters is 1. The molecule has 1 aliphatic carbocycles. The Morgan fingerprint density at radius 1 is 1.00 bits per heavy atom. The second-order valence-electron chi connectivity index (χ2n) is 10.1. The van der Waals surface area contributed by atoms with Crippen LogP contribution in [0.3, 0.4) is 0 Å². The number of likely N-dealkylation sites (N-methyl/N-ethyl adjacent to an activating group) is 1. The highest BCUT2D eigenvalue weighted by Gasteiger charge is 2.19. The van der Waals surface area contributed by atoms with Gasteiger partial charge in [-0.15, -0.1) is 0 Å². The monoisotopic (exact) mass is 437 g/mol. The molecular formula is C28H39NO3. The molecule has 4 heteroatoms. The summed E-state index contributed by atoms with van der Waals surface area (Å²) in [6.07, 6.45) is 7.75. The van der Waals surface area contributed by atoms with Crippen LogP contribution in [0.5, 0.6) is 5.75 Å². The van der Waals surface area contributed by atoms with E-state index in [4.69, 9.17) is 9.47 Å². The highest BCUT2D eigenvalue weighted by atomic mass is 16.6. The van der Waals surface area contributed by atoms with Crippen molar-refractivity contribution >= 4 is 5.97 Å². The first-order valence-electron chi connectivity index (χ1n) is 12.0. The summed E-state index contributed by atoms with van der Waals surface area (Å²) in [5, 5.41) is 0. The van der Waals surface area contributed by atoms with Crippen LogP contribution in [-0.4, -0.2) is 43.2 Å². The molecular weight excluding hydrogens is 398 g/mol. The predicted molar refractivity (Wildman–Crippen MR) is 131 cm³/mol. The van der Waals surface area contributed by atoms with Gasteiger partial charge in [0.2, 0.25) is 0 Å². The van der Waals surface area contributed by atoms with E-state index in [9.17, 15) is 4.79 Å². The summed E-state index contributed by atoms with van der Waals surface area (Å²) >= 11 is 0. The number of rotatable bonds is 9. The highest BCUT2D eigenvalue weighted by Crippen LogP contribution is 2.33. The number of hydrogen-bond donors (Lipinski definition) is 0. The van der Waals surface area contributed by atoms with Crippen LogP contribution >= 0.6 is 0 Å². The quantitative estimate of drug-likeness (QED) is 0.443. The highest BCUT2D eigenvalue weighted by molar-refractivity contribution is 5.72. The summed E-state index contributed by atoms with van der Waals surface area (Å²) in [5.41, 5.74) is 3.32. The topological polar surface area (TPSA) is 38.8 Å². The maximum atomic E-state index is 12.0. The Balaban J connectivity index is 1.63. The molecule has 0 bridgehead atoms. The van der Waals surface area contributed by atoms with Gasteiger partial charge in [-0.2, -0.15) is 0 Å². The van der Waals surface area contributed by atoms with Crippen molar-refractivity contribution in [2.24, 2.45) is 5.92 Å². The molecule has 0 N–H and O–H groups in total. The maximum absolute atomic E-state index is 12.0. The molecule has 0 radical (unpaired) electrons. The number of benzene rings is 2. The molecule has 4 nitrogen and oxygen atoms in total. The zero-order valence-corrected chi connectivity index (χ0v) is 20.2. The van der Waals surface area contributed by atoms with Crippen LogP contribution in [0.4, 0.5) is 0 Å². The van der Waals surface area contributed by atoms with Crippen LogP contribution < -0.4 is 4.74 Å². The Bertz CT molecular complexity index is 851. The lowest BCUT2D eigenvalue weighted by atomic mass is 9.84. The molecule has 1 aliphatic rings. The lowest BCUT2D eigenvalue weighted by Crippen LogP contribution is -2.34. The van der Waals surface area contributed by atoms with Gasteiger partial charge in [0, 0.05) is 6.54 Å². The van der Waals surface area contributed by atoms with Gasteiger partial charge in [-0.3, -0.25) is 9.69 Å². The van der Waals surface area contributed by atoms with E-state index in [1.165, 1.54) is 48.8 Å².